The SMILES string of the molecule is CCCNC1CC(Oc2ccc([N+](=O)[O-])cc2F)C1(C)C. The van der Waals surface area contributed by atoms with E-state index in [4.69, 9.17) is 4.74 Å². The summed E-state index contributed by atoms with van der Waals surface area (Å²) in [4.78, 5) is 9.97. The second-order valence-corrected chi connectivity index (χ2v) is 6.04. The van der Waals surface area contributed by atoms with Gasteiger partial charge in [-0.05, 0) is 19.0 Å². The standard InChI is InChI=1S/C15H21FN2O3/c1-4-7-17-13-9-14(15(13,2)3)21-12-6-5-10(18(19)20)8-11(12)16/h5-6,8,13-14,17H,4,7,9H2,1-3H3. The lowest BCUT2D eigenvalue weighted by atomic mass is 9.64. The second kappa shape index (κ2) is 5.97. The Morgan fingerprint density at radius 1 is 1.52 bits per heavy atom. The van der Waals surface area contributed by atoms with Crippen molar-refractivity contribution in [2.24, 2.45) is 5.41 Å². The van der Waals surface area contributed by atoms with E-state index in [-0.39, 0.29) is 23.0 Å². The third-order valence-electron chi connectivity index (χ3n) is 4.21. The van der Waals surface area contributed by atoms with Crippen molar-refractivity contribution in [2.75, 3.05) is 6.54 Å². The fourth-order valence-electron chi connectivity index (χ4n) is 2.60. The van der Waals surface area contributed by atoms with Gasteiger partial charge in [-0.15, -0.1) is 0 Å². The highest BCUT2D eigenvalue weighted by Gasteiger charge is 2.49. The number of nitrogens with zero attached hydrogens (tertiary/aromatic N) is 1. The number of nitro benzene ring substituents is 1. The highest BCUT2D eigenvalue weighted by molar-refractivity contribution is 5.38. The lowest BCUT2D eigenvalue weighted by molar-refractivity contribution is -0.385. The molecule has 1 N–H and O–H groups in total. The van der Waals surface area contributed by atoms with Crippen molar-refractivity contribution in [1.82, 2.24) is 5.32 Å². The number of halogens is 1. The predicted octanol–water partition coefficient (Wildman–Crippen LogP) is 3.28. The van der Waals surface area contributed by atoms with Crippen LogP contribution in [0.1, 0.15) is 33.6 Å². The van der Waals surface area contributed by atoms with Gasteiger partial charge < -0.3 is 10.1 Å². The fourth-order valence-corrected chi connectivity index (χ4v) is 2.60. The van der Waals surface area contributed by atoms with Crippen LogP contribution < -0.4 is 10.1 Å². The maximum atomic E-state index is 13.8. The summed E-state index contributed by atoms with van der Waals surface area (Å²) in [6.07, 6.45) is 1.78. The normalized spacial score (nSPS) is 23.4. The Balaban J connectivity index is 2.02. The molecule has 1 aromatic carbocycles. The van der Waals surface area contributed by atoms with Crippen LogP contribution in [0.15, 0.2) is 18.2 Å². The molecule has 1 saturated carbocycles. The van der Waals surface area contributed by atoms with Crippen molar-refractivity contribution in [3.05, 3.63) is 34.1 Å². The summed E-state index contributed by atoms with van der Waals surface area (Å²) in [7, 11) is 0. The highest BCUT2D eigenvalue weighted by Crippen LogP contribution is 2.43. The molecule has 1 aliphatic rings. The van der Waals surface area contributed by atoms with Gasteiger partial charge in [0.25, 0.3) is 5.69 Å². The van der Waals surface area contributed by atoms with Crippen LogP contribution in [-0.4, -0.2) is 23.6 Å². The molecule has 21 heavy (non-hydrogen) atoms. The van der Waals surface area contributed by atoms with Crippen LogP contribution in [0.3, 0.4) is 0 Å². The van der Waals surface area contributed by atoms with E-state index in [1.165, 1.54) is 12.1 Å². The van der Waals surface area contributed by atoms with Gasteiger partial charge in [0.1, 0.15) is 6.10 Å². The molecule has 0 amide bonds. The average molecular weight is 296 g/mol. The average Bonchev–Trinajstić information content (AvgIpc) is 2.43. The molecule has 1 aromatic rings. The molecule has 1 aliphatic carbocycles. The van der Waals surface area contributed by atoms with Gasteiger partial charge in [0.05, 0.1) is 11.0 Å². The molecular formula is C15H21FN2O3. The monoisotopic (exact) mass is 296 g/mol. The van der Waals surface area contributed by atoms with E-state index >= 15 is 0 Å². The Labute approximate surface area is 123 Å². The van der Waals surface area contributed by atoms with E-state index in [9.17, 15) is 14.5 Å². The third kappa shape index (κ3) is 3.15. The number of hydrogen-bond acceptors (Lipinski definition) is 4. The Hall–Kier alpha value is -1.69. The highest BCUT2D eigenvalue weighted by atomic mass is 19.1. The van der Waals surface area contributed by atoms with E-state index in [0.29, 0.717) is 6.04 Å². The maximum Gasteiger partial charge on any atom is 0.272 e. The first kappa shape index (κ1) is 15.7. The van der Waals surface area contributed by atoms with E-state index in [2.05, 4.69) is 26.1 Å². The van der Waals surface area contributed by atoms with Crippen LogP contribution >= 0.6 is 0 Å². The number of non-ortho nitro benzene ring substituents is 1. The topological polar surface area (TPSA) is 64.4 Å². The minimum Gasteiger partial charge on any atom is -0.487 e. The van der Waals surface area contributed by atoms with Gasteiger partial charge in [-0.2, -0.15) is 0 Å². The molecule has 6 heteroatoms. The van der Waals surface area contributed by atoms with Crippen LogP contribution in [0.25, 0.3) is 0 Å². The molecule has 1 fully saturated rings. The Bertz CT molecular complexity index is 534. The Kier molecular flexibility index (Phi) is 4.46. The molecule has 0 aliphatic heterocycles. The summed E-state index contributed by atoms with van der Waals surface area (Å²) in [6.45, 7) is 7.22. The van der Waals surface area contributed by atoms with Crippen molar-refractivity contribution in [3.8, 4) is 5.75 Å². The van der Waals surface area contributed by atoms with Gasteiger partial charge in [0.15, 0.2) is 11.6 Å². The first-order valence-corrected chi connectivity index (χ1v) is 7.20. The van der Waals surface area contributed by atoms with Crippen LogP contribution in [0.5, 0.6) is 5.75 Å². The summed E-state index contributed by atoms with van der Waals surface area (Å²) in [5, 5.41) is 14.0. The number of rotatable bonds is 6. The van der Waals surface area contributed by atoms with Gasteiger partial charge in [0.2, 0.25) is 0 Å². The van der Waals surface area contributed by atoms with Gasteiger partial charge in [0, 0.05) is 23.9 Å². The molecule has 2 atom stereocenters. The molecule has 0 aromatic heterocycles. The smallest absolute Gasteiger partial charge is 0.272 e. The molecule has 2 rings (SSSR count). The van der Waals surface area contributed by atoms with Crippen molar-refractivity contribution in [2.45, 2.75) is 45.8 Å². The van der Waals surface area contributed by atoms with Crippen LogP contribution in [0, 0.1) is 21.3 Å². The molecule has 5 nitrogen and oxygen atoms in total. The number of nitro groups is 1. The molecule has 116 valence electrons. The Morgan fingerprint density at radius 2 is 2.24 bits per heavy atom. The summed E-state index contributed by atoms with van der Waals surface area (Å²) >= 11 is 0. The lowest BCUT2D eigenvalue weighted by Gasteiger charge is -2.51. The largest absolute Gasteiger partial charge is 0.487 e. The fraction of sp³-hybridized carbons (Fsp3) is 0.600. The number of nitrogens with one attached hydrogen (secondary N) is 1. The molecular weight excluding hydrogens is 275 g/mol. The maximum absolute atomic E-state index is 13.8. The van der Waals surface area contributed by atoms with E-state index < -0.39 is 10.7 Å². The number of hydrogen-bond donors (Lipinski definition) is 1. The summed E-state index contributed by atoms with van der Waals surface area (Å²) in [5.41, 5.74) is -0.362. The first-order valence-electron chi connectivity index (χ1n) is 7.20. The van der Waals surface area contributed by atoms with Crippen LogP contribution in [-0.2, 0) is 0 Å². The lowest BCUT2D eigenvalue weighted by Crippen LogP contribution is -2.62. The molecule has 0 radical (unpaired) electrons. The first-order chi connectivity index (χ1) is 9.86. The van der Waals surface area contributed by atoms with Gasteiger partial charge >= 0.3 is 0 Å². The van der Waals surface area contributed by atoms with Gasteiger partial charge in [-0.25, -0.2) is 4.39 Å². The van der Waals surface area contributed by atoms with Crippen molar-refractivity contribution in [1.29, 1.82) is 0 Å². The minimum absolute atomic E-state index is 0.0765. The molecule has 0 heterocycles. The summed E-state index contributed by atoms with van der Waals surface area (Å²) in [5.74, 6) is -0.613. The van der Waals surface area contributed by atoms with E-state index in [1.807, 2.05) is 0 Å². The zero-order valence-corrected chi connectivity index (χ0v) is 12.6. The number of benzene rings is 1. The van der Waals surface area contributed by atoms with Crippen molar-refractivity contribution < 1.29 is 14.1 Å². The zero-order chi connectivity index (χ0) is 15.6. The van der Waals surface area contributed by atoms with Crippen LogP contribution in [0.4, 0.5) is 10.1 Å². The van der Waals surface area contributed by atoms with Gasteiger partial charge in [-0.1, -0.05) is 20.8 Å². The van der Waals surface area contributed by atoms with E-state index in [1.54, 1.807) is 0 Å². The third-order valence-corrected chi connectivity index (χ3v) is 4.21. The molecule has 2 unspecified atom stereocenters. The van der Waals surface area contributed by atoms with Crippen LogP contribution in [0.2, 0.25) is 0 Å². The molecule has 0 spiro atoms. The second-order valence-electron chi connectivity index (χ2n) is 6.04. The quantitative estimate of drug-likeness (QED) is 0.646. The van der Waals surface area contributed by atoms with Crippen molar-refractivity contribution in [3.63, 3.8) is 0 Å². The minimum atomic E-state index is -0.690. The summed E-state index contributed by atoms with van der Waals surface area (Å²) in [6, 6.07) is 3.84. The van der Waals surface area contributed by atoms with Gasteiger partial charge in [-0.3, -0.25) is 10.1 Å². The predicted molar refractivity (Wildman–Crippen MR) is 78.0 cm³/mol. The summed E-state index contributed by atoms with van der Waals surface area (Å²) < 4.78 is 19.5. The molecule has 0 saturated heterocycles. The Morgan fingerprint density at radius 3 is 2.76 bits per heavy atom. The number of ether oxygens (including phenoxy) is 1. The molecule has 0 bridgehead atoms. The van der Waals surface area contributed by atoms with Crippen molar-refractivity contribution >= 4 is 5.69 Å². The zero-order valence-electron chi connectivity index (χ0n) is 12.6. The van der Waals surface area contributed by atoms with E-state index in [0.717, 1.165) is 25.5 Å².